The Bertz CT molecular complexity index is 481. The Morgan fingerprint density at radius 2 is 2.23 bits per heavy atom. The van der Waals surface area contributed by atoms with E-state index in [9.17, 15) is 0 Å². The van der Waals surface area contributed by atoms with Crippen LogP contribution in [-0.4, -0.2) is 44.1 Å². The van der Waals surface area contributed by atoms with Gasteiger partial charge < -0.3 is 15.5 Å². The molecule has 1 aliphatic rings. The van der Waals surface area contributed by atoms with Gasteiger partial charge in [-0.25, -0.2) is 4.99 Å². The molecule has 1 atom stereocenters. The molecular weight excluding hydrogens is 292 g/mol. The summed E-state index contributed by atoms with van der Waals surface area (Å²) in [6.07, 6.45) is 2.67. The van der Waals surface area contributed by atoms with Gasteiger partial charge in [-0.15, -0.1) is 0 Å². The zero-order valence-corrected chi connectivity index (χ0v) is 14.7. The second kappa shape index (κ2) is 8.93. The van der Waals surface area contributed by atoms with Crippen LogP contribution in [0.15, 0.2) is 29.3 Å². The fourth-order valence-electron chi connectivity index (χ4n) is 2.46. The highest BCUT2D eigenvalue weighted by atomic mass is 32.2. The molecule has 2 rings (SSSR count). The number of nitrogens with one attached hydrogen (secondary N) is 2. The number of guanidine groups is 1. The summed E-state index contributed by atoms with van der Waals surface area (Å²) in [4.78, 5) is 6.83. The number of hydrogen-bond donors (Lipinski definition) is 2. The van der Waals surface area contributed by atoms with Gasteiger partial charge in [-0.1, -0.05) is 12.1 Å². The summed E-state index contributed by atoms with van der Waals surface area (Å²) < 4.78 is 0. The minimum atomic E-state index is 0.703. The Labute approximate surface area is 138 Å². The van der Waals surface area contributed by atoms with Crippen molar-refractivity contribution in [1.29, 1.82) is 0 Å². The van der Waals surface area contributed by atoms with Crippen molar-refractivity contribution in [3.63, 3.8) is 0 Å². The number of nitrogens with zero attached hydrogens (tertiary/aromatic N) is 2. The van der Waals surface area contributed by atoms with Gasteiger partial charge in [0.25, 0.3) is 0 Å². The minimum Gasteiger partial charge on any atom is -0.378 e. The van der Waals surface area contributed by atoms with Gasteiger partial charge in [-0.05, 0) is 43.2 Å². The molecule has 22 heavy (non-hydrogen) atoms. The van der Waals surface area contributed by atoms with E-state index in [0.717, 1.165) is 24.3 Å². The summed E-state index contributed by atoms with van der Waals surface area (Å²) in [5.41, 5.74) is 2.45. The number of anilines is 1. The van der Waals surface area contributed by atoms with Gasteiger partial charge in [0.05, 0.1) is 6.54 Å². The Balaban J connectivity index is 1.92. The molecule has 2 N–H and O–H groups in total. The van der Waals surface area contributed by atoms with Gasteiger partial charge in [-0.3, -0.25) is 0 Å². The molecule has 1 aromatic rings. The van der Waals surface area contributed by atoms with Crippen LogP contribution >= 0.6 is 11.8 Å². The van der Waals surface area contributed by atoms with Crippen molar-refractivity contribution < 1.29 is 0 Å². The smallest absolute Gasteiger partial charge is 0.191 e. The molecule has 1 heterocycles. The molecule has 5 heteroatoms. The summed E-state index contributed by atoms with van der Waals surface area (Å²) >= 11 is 2.07. The predicted octanol–water partition coefficient (Wildman–Crippen LogP) is 2.70. The van der Waals surface area contributed by atoms with Crippen molar-refractivity contribution in [3.8, 4) is 0 Å². The van der Waals surface area contributed by atoms with Crippen molar-refractivity contribution in [1.82, 2.24) is 10.6 Å². The van der Waals surface area contributed by atoms with Gasteiger partial charge in [0.15, 0.2) is 5.96 Å². The van der Waals surface area contributed by atoms with E-state index in [1.54, 1.807) is 0 Å². The summed E-state index contributed by atoms with van der Waals surface area (Å²) in [6.45, 7) is 4.71. The van der Waals surface area contributed by atoms with E-state index in [4.69, 9.17) is 4.99 Å². The van der Waals surface area contributed by atoms with Crippen LogP contribution in [0.1, 0.15) is 25.3 Å². The predicted molar refractivity (Wildman–Crippen MR) is 99.1 cm³/mol. The van der Waals surface area contributed by atoms with Crippen molar-refractivity contribution in [3.05, 3.63) is 29.8 Å². The van der Waals surface area contributed by atoms with E-state index < -0.39 is 0 Å². The van der Waals surface area contributed by atoms with Gasteiger partial charge >= 0.3 is 0 Å². The van der Waals surface area contributed by atoms with E-state index in [2.05, 4.69) is 72.6 Å². The third-order valence-corrected chi connectivity index (χ3v) is 5.11. The van der Waals surface area contributed by atoms with E-state index >= 15 is 0 Å². The van der Waals surface area contributed by atoms with Crippen LogP contribution in [-0.2, 0) is 6.54 Å². The lowest BCUT2D eigenvalue weighted by atomic mass is 10.2. The zero-order chi connectivity index (χ0) is 15.8. The summed E-state index contributed by atoms with van der Waals surface area (Å²) in [5.74, 6) is 2.22. The van der Waals surface area contributed by atoms with Crippen LogP contribution < -0.4 is 15.5 Å². The number of rotatable bonds is 6. The highest BCUT2D eigenvalue weighted by molar-refractivity contribution is 8.00. The number of benzene rings is 1. The molecule has 0 bridgehead atoms. The SMILES string of the molecule is CCNC(=NCc1cccc(N(C)C)c1)NCC1CCCS1. The second-order valence-corrected chi connectivity index (χ2v) is 7.18. The molecule has 0 amide bonds. The molecule has 4 nitrogen and oxygen atoms in total. The Morgan fingerprint density at radius 3 is 2.91 bits per heavy atom. The molecule has 1 aromatic carbocycles. The molecule has 1 unspecified atom stereocenters. The van der Waals surface area contributed by atoms with Gasteiger partial charge in [0.2, 0.25) is 0 Å². The molecular formula is C17H28N4S. The molecule has 0 aliphatic carbocycles. The monoisotopic (exact) mass is 320 g/mol. The Hall–Kier alpha value is -1.36. The van der Waals surface area contributed by atoms with Crippen LogP contribution in [0.25, 0.3) is 0 Å². The van der Waals surface area contributed by atoms with Crippen LogP contribution in [0.4, 0.5) is 5.69 Å². The molecule has 1 fully saturated rings. The molecule has 1 aliphatic heterocycles. The fourth-order valence-corrected chi connectivity index (χ4v) is 3.66. The first-order valence-electron chi connectivity index (χ1n) is 8.09. The average molecular weight is 321 g/mol. The number of thioether (sulfide) groups is 1. The third kappa shape index (κ3) is 5.44. The van der Waals surface area contributed by atoms with Crippen LogP contribution in [0.3, 0.4) is 0 Å². The maximum Gasteiger partial charge on any atom is 0.191 e. The molecule has 0 radical (unpaired) electrons. The lowest BCUT2D eigenvalue weighted by Crippen LogP contribution is -2.40. The maximum atomic E-state index is 4.71. The van der Waals surface area contributed by atoms with Gasteiger partial charge in [-0.2, -0.15) is 11.8 Å². The van der Waals surface area contributed by atoms with Gasteiger partial charge in [0.1, 0.15) is 0 Å². The van der Waals surface area contributed by atoms with Crippen LogP contribution in [0.5, 0.6) is 0 Å². The Kier molecular flexibility index (Phi) is 6.90. The van der Waals surface area contributed by atoms with E-state index in [0.29, 0.717) is 6.54 Å². The highest BCUT2D eigenvalue weighted by Crippen LogP contribution is 2.25. The van der Waals surface area contributed by atoms with Gasteiger partial charge in [0, 0.05) is 38.1 Å². The van der Waals surface area contributed by atoms with E-state index in [1.807, 2.05) is 0 Å². The van der Waals surface area contributed by atoms with E-state index in [-0.39, 0.29) is 0 Å². The quantitative estimate of drug-likeness (QED) is 0.624. The minimum absolute atomic E-state index is 0.703. The average Bonchev–Trinajstić information content (AvgIpc) is 3.03. The highest BCUT2D eigenvalue weighted by Gasteiger charge is 2.15. The van der Waals surface area contributed by atoms with Crippen LogP contribution in [0.2, 0.25) is 0 Å². The first kappa shape index (κ1) is 17.0. The third-order valence-electron chi connectivity index (χ3n) is 3.71. The van der Waals surface area contributed by atoms with Crippen molar-refractivity contribution in [2.45, 2.75) is 31.6 Å². The maximum absolute atomic E-state index is 4.71. The first-order valence-corrected chi connectivity index (χ1v) is 9.14. The summed E-state index contributed by atoms with van der Waals surface area (Å²) in [5, 5.41) is 7.55. The summed E-state index contributed by atoms with van der Waals surface area (Å²) in [7, 11) is 4.13. The largest absolute Gasteiger partial charge is 0.378 e. The lowest BCUT2D eigenvalue weighted by molar-refractivity contribution is 0.727. The number of hydrogen-bond acceptors (Lipinski definition) is 3. The summed E-state index contributed by atoms with van der Waals surface area (Å²) in [6, 6.07) is 8.54. The molecule has 0 saturated carbocycles. The lowest BCUT2D eigenvalue weighted by Gasteiger charge is -2.15. The number of aliphatic imine (C=N–C) groups is 1. The zero-order valence-electron chi connectivity index (χ0n) is 13.9. The molecule has 0 aromatic heterocycles. The van der Waals surface area contributed by atoms with Crippen LogP contribution in [0, 0.1) is 0 Å². The molecule has 0 spiro atoms. The molecule has 1 saturated heterocycles. The van der Waals surface area contributed by atoms with Crippen molar-refractivity contribution in [2.24, 2.45) is 4.99 Å². The standard InChI is InChI=1S/C17H28N4S/c1-4-18-17(20-13-16-9-6-10-22-16)19-12-14-7-5-8-15(11-14)21(2)3/h5,7-8,11,16H,4,6,9-10,12-13H2,1-3H3,(H2,18,19,20). The second-order valence-electron chi connectivity index (χ2n) is 5.78. The fraction of sp³-hybridized carbons (Fsp3) is 0.588. The Morgan fingerprint density at radius 1 is 1.36 bits per heavy atom. The van der Waals surface area contributed by atoms with E-state index in [1.165, 1.54) is 29.8 Å². The van der Waals surface area contributed by atoms with Crippen molar-refractivity contribution >= 4 is 23.4 Å². The first-order chi connectivity index (χ1) is 10.7. The normalized spacial score (nSPS) is 18.3. The molecule has 122 valence electrons. The topological polar surface area (TPSA) is 39.7 Å². The van der Waals surface area contributed by atoms with Crippen molar-refractivity contribution in [2.75, 3.05) is 37.8 Å².